The molecule has 0 amide bonds. The molecule has 1 aliphatic carbocycles. The lowest BCUT2D eigenvalue weighted by atomic mass is 10.3. The molecule has 88 valence electrons. The molecule has 3 rings (SSSR count). The number of rotatable bonds is 3. The smallest absolute Gasteiger partial charge is 0.352 e. The van der Waals surface area contributed by atoms with Gasteiger partial charge in [-0.3, -0.25) is 4.40 Å². The maximum Gasteiger partial charge on any atom is 0.352 e. The minimum atomic E-state index is -0.961. The second-order valence-electron chi connectivity index (χ2n) is 4.23. The van der Waals surface area contributed by atoms with Gasteiger partial charge in [-0.25, -0.2) is 9.78 Å². The summed E-state index contributed by atoms with van der Waals surface area (Å²) in [6.07, 6.45) is 4.07. The molecule has 5 nitrogen and oxygen atoms in total. The van der Waals surface area contributed by atoms with E-state index in [1.54, 1.807) is 23.8 Å². The number of carbonyl (C=O) groups is 1. The molecule has 0 unspecified atom stereocenters. The van der Waals surface area contributed by atoms with Crippen LogP contribution in [0.3, 0.4) is 0 Å². The highest BCUT2D eigenvalue weighted by atomic mass is 16.5. The first-order chi connectivity index (χ1) is 8.20. The summed E-state index contributed by atoms with van der Waals surface area (Å²) in [5.41, 5.74) is 1.74. The van der Waals surface area contributed by atoms with E-state index in [9.17, 15) is 4.79 Å². The Balaban J connectivity index is 2.27. The molecule has 5 heteroatoms. The van der Waals surface area contributed by atoms with Crippen LogP contribution in [0.1, 0.15) is 34.9 Å². The third-order valence-electron chi connectivity index (χ3n) is 3.03. The first-order valence-corrected chi connectivity index (χ1v) is 5.50. The van der Waals surface area contributed by atoms with Crippen LogP contribution in [0.2, 0.25) is 0 Å². The second-order valence-corrected chi connectivity index (χ2v) is 4.23. The number of hydrogen-bond acceptors (Lipinski definition) is 3. The van der Waals surface area contributed by atoms with Crippen molar-refractivity contribution in [2.45, 2.75) is 18.8 Å². The van der Waals surface area contributed by atoms with Crippen LogP contribution in [-0.4, -0.2) is 27.6 Å². The van der Waals surface area contributed by atoms with Crippen LogP contribution < -0.4 is 4.74 Å². The largest absolute Gasteiger partial charge is 0.493 e. The van der Waals surface area contributed by atoms with Gasteiger partial charge in [-0.15, -0.1) is 0 Å². The van der Waals surface area contributed by atoms with Gasteiger partial charge >= 0.3 is 5.97 Å². The molecule has 0 bridgehead atoms. The Morgan fingerprint density at radius 3 is 2.88 bits per heavy atom. The zero-order valence-electron chi connectivity index (χ0n) is 9.38. The highest BCUT2D eigenvalue weighted by Crippen LogP contribution is 2.40. The van der Waals surface area contributed by atoms with Gasteiger partial charge in [0.15, 0.2) is 11.4 Å². The Hall–Kier alpha value is -2.04. The van der Waals surface area contributed by atoms with E-state index in [1.165, 1.54) is 6.07 Å². The third kappa shape index (κ3) is 1.54. The number of pyridine rings is 1. The van der Waals surface area contributed by atoms with E-state index in [0.29, 0.717) is 17.3 Å². The summed E-state index contributed by atoms with van der Waals surface area (Å²) in [5, 5.41) is 9.12. The van der Waals surface area contributed by atoms with E-state index in [1.807, 2.05) is 0 Å². The van der Waals surface area contributed by atoms with Crippen molar-refractivity contribution in [1.82, 2.24) is 9.38 Å². The summed E-state index contributed by atoms with van der Waals surface area (Å²) in [5.74, 6) is 0.126. The average molecular weight is 232 g/mol. The maximum atomic E-state index is 11.1. The van der Waals surface area contributed by atoms with Gasteiger partial charge in [-0.05, 0) is 25.0 Å². The van der Waals surface area contributed by atoms with Crippen LogP contribution in [0.5, 0.6) is 5.75 Å². The number of ether oxygens (including phenoxy) is 1. The average Bonchev–Trinajstić information content (AvgIpc) is 3.06. The normalized spacial score (nSPS) is 15.1. The van der Waals surface area contributed by atoms with E-state index in [4.69, 9.17) is 9.84 Å². The van der Waals surface area contributed by atoms with Crippen LogP contribution in [0.25, 0.3) is 5.65 Å². The Bertz CT molecular complexity index is 599. The van der Waals surface area contributed by atoms with Crippen LogP contribution in [0.15, 0.2) is 18.3 Å². The molecule has 0 saturated heterocycles. The zero-order valence-corrected chi connectivity index (χ0v) is 9.38. The Morgan fingerprint density at radius 1 is 1.53 bits per heavy atom. The first-order valence-electron chi connectivity index (χ1n) is 5.50. The van der Waals surface area contributed by atoms with Crippen molar-refractivity contribution in [2.24, 2.45) is 0 Å². The fraction of sp³-hybridized carbons (Fsp3) is 0.333. The SMILES string of the molecule is COc1ccc(C(=O)O)n2cc(C3CC3)nc12. The number of hydrogen-bond donors (Lipinski definition) is 1. The van der Waals surface area contributed by atoms with Crippen LogP contribution in [0, 0.1) is 0 Å². The number of aromatic carboxylic acids is 1. The lowest BCUT2D eigenvalue weighted by Gasteiger charge is -2.04. The third-order valence-corrected chi connectivity index (χ3v) is 3.03. The van der Waals surface area contributed by atoms with E-state index < -0.39 is 5.97 Å². The number of carboxylic acids is 1. The number of imidazole rings is 1. The predicted octanol–water partition coefficient (Wildman–Crippen LogP) is 1.92. The van der Waals surface area contributed by atoms with E-state index in [-0.39, 0.29) is 5.69 Å². The summed E-state index contributed by atoms with van der Waals surface area (Å²) >= 11 is 0. The minimum absolute atomic E-state index is 0.209. The van der Waals surface area contributed by atoms with E-state index >= 15 is 0 Å². The summed E-state index contributed by atoms with van der Waals surface area (Å²) < 4.78 is 6.79. The van der Waals surface area contributed by atoms with Crippen molar-refractivity contribution >= 4 is 11.6 Å². The summed E-state index contributed by atoms with van der Waals surface area (Å²) in [6.45, 7) is 0. The van der Waals surface area contributed by atoms with Crippen molar-refractivity contribution in [2.75, 3.05) is 7.11 Å². The van der Waals surface area contributed by atoms with Crippen molar-refractivity contribution in [3.63, 3.8) is 0 Å². The topological polar surface area (TPSA) is 63.8 Å². The molecule has 1 saturated carbocycles. The summed E-state index contributed by atoms with van der Waals surface area (Å²) in [7, 11) is 1.56. The van der Waals surface area contributed by atoms with Gasteiger partial charge in [0, 0.05) is 12.1 Å². The van der Waals surface area contributed by atoms with Gasteiger partial charge in [0.2, 0.25) is 0 Å². The highest BCUT2D eigenvalue weighted by molar-refractivity contribution is 5.87. The van der Waals surface area contributed by atoms with Crippen LogP contribution >= 0.6 is 0 Å². The molecule has 2 aromatic heterocycles. The highest BCUT2D eigenvalue weighted by Gasteiger charge is 2.27. The molecule has 0 spiro atoms. The number of aromatic nitrogens is 2. The molecule has 2 aromatic rings. The standard InChI is InChI=1S/C12H12N2O3/c1-17-10-5-4-9(12(15)16)14-6-8(7-2-3-7)13-11(10)14/h4-7H,2-3H2,1H3,(H,15,16). The van der Waals surface area contributed by atoms with Crippen LogP contribution in [0.4, 0.5) is 0 Å². The number of methoxy groups -OCH3 is 1. The lowest BCUT2D eigenvalue weighted by molar-refractivity contribution is 0.0689. The molecular formula is C12H12N2O3. The molecule has 1 N–H and O–H groups in total. The number of fused-ring (bicyclic) bond motifs is 1. The molecule has 1 fully saturated rings. The predicted molar refractivity (Wildman–Crippen MR) is 60.7 cm³/mol. The van der Waals surface area contributed by atoms with E-state index in [2.05, 4.69) is 4.98 Å². The quantitative estimate of drug-likeness (QED) is 0.878. The van der Waals surface area contributed by atoms with Gasteiger partial charge < -0.3 is 9.84 Å². The summed E-state index contributed by atoms with van der Waals surface area (Å²) in [4.78, 5) is 15.6. The molecule has 0 radical (unpaired) electrons. The second kappa shape index (κ2) is 3.48. The first kappa shape index (κ1) is 10.1. The molecule has 2 heterocycles. The molecule has 0 atom stereocenters. The van der Waals surface area contributed by atoms with Crippen molar-refractivity contribution in [1.29, 1.82) is 0 Å². The van der Waals surface area contributed by atoms with Gasteiger partial charge in [-0.2, -0.15) is 0 Å². The lowest BCUT2D eigenvalue weighted by Crippen LogP contribution is -2.04. The molecule has 1 aliphatic rings. The molecule has 17 heavy (non-hydrogen) atoms. The van der Waals surface area contributed by atoms with Crippen molar-refractivity contribution < 1.29 is 14.6 Å². The fourth-order valence-electron chi connectivity index (χ4n) is 1.97. The van der Waals surface area contributed by atoms with Gasteiger partial charge in [0.1, 0.15) is 5.69 Å². The van der Waals surface area contributed by atoms with Gasteiger partial charge in [0.25, 0.3) is 0 Å². The maximum absolute atomic E-state index is 11.1. The Labute approximate surface area is 97.7 Å². The Kier molecular flexibility index (Phi) is 2.07. The fourth-order valence-corrected chi connectivity index (χ4v) is 1.97. The van der Waals surface area contributed by atoms with Gasteiger partial charge in [0.05, 0.1) is 12.8 Å². The van der Waals surface area contributed by atoms with E-state index in [0.717, 1.165) is 18.5 Å². The van der Waals surface area contributed by atoms with Gasteiger partial charge in [-0.1, -0.05) is 0 Å². The van der Waals surface area contributed by atoms with Crippen molar-refractivity contribution in [3.05, 3.63) is 29.7 Å². The molecule has 0 aromatic carbocycles. The van der Waals surface area contributed by atoms with Crippen molar-refractivity contribution in [3.8, 4) is 5.75 Å². The molecular weight excluding hydrogens is 220 g/mol. The monoisotopic (exact) mass is 232 g/mol. The number of carboxylic acid groups (broad SMARTS) is 1. The number of nitrogens with zero attached hydrogens (tertiary/aromatic N) is 2. The Morgan fingerprint density at radius 2 is 2.29 bits per heavy atom. The van der Waals surface area contributed by atoms with Crippen LogP contribution in [-0.2, 0) is 0 Å². The minimum Gasteiger partial charge on any atom is -0.493 e. The summed E-state index contributed by atoms with van der Waals surface area (Å²) in [6, 6.07) is 3.18. The zero-order chi connectivity index (χ0) is 12.0. The molecule has 0 aliphatic heterocycles.